The number of ether oxygens (including phenoxy) is 1. The lowest BCUT2D eigenvalue weighted by Crippen LogP contribution is -2.37. The zero-order valence-corrected chi connectivity index (χ0v) is 13.2. The molecule has 1 aliphatic heterocycles. The van der Waals surface area contributed by atoms with E-state index in [1.165, 1.54) is 18.3 Å². The van der Waals surface area contributed by atoms with Crippen LogP contribution in [0.25, 0.3) is 11.3 Å². The molecule has 0 atom stereocenters. The average molecular weight is 333 g/mol. The highest BCUT2D eigenvalue weighted by Crippen LogP contribution is 2.29. The number of amides is 1. The lowest BCUT2D eigenvalue weighted by atomic mass is 10.0. The third-order valence-electron chi connectivity index (χ3n) is 3.76. The summed E-state index contributed by atoms with van der Waals surface area (Å²) in [5.74, 6) is -2.92. The van der Waals surface area contributed by atoms with Crippen molar-refractivity contribution in [3.05, 3.63) is 47.9 Å². The first-order chi connectivity index (χ1) is 11.4. The molecule has 1 saturated heterocycles. The predicted octanol–water partition coefficient (Wildman–Crippen LogP) is 3.60. The minimum Gasteiger partial charge on any atom is -0.449 e. The summed E-state index contributed by atoms with van der Waals surface area (Å²) in [7, 11) is 0. The standard InChI is InChI=1S/C17H17F2N3O2/c1-17(18,19)13-5-2-4-12(8-13)15-10-20-9-14(21-15)11-22-6-3-7-24-16(22)23/h2,4-5,8-10H,3,6-7,11H2,1H3. The predicted molar refractivity (Wildman–Crippen MR) is 83.4 cm³/mol. The normalized spacial score (nSPS) is 15.3. The van der Waals surface area contributed by atoms with E-state index >= 15 is 0 Å². The third-order valence-corrected chi connectivity index (χ3v) is 3.76. The molecule has 2 aromatic rings. The fourth-order valence-corrected chi connectivity index (χ4v) is 2.51. The maximum absolute atomic E-state index is 13.5. The van der Waals surface area contributed by atoms with Gasteiger partial charge in [-0.15, -0.1) is 0 Å². The van der Waals surface area contributed by atoms with Gasteiger partial charge in [-0.05, 0) is 12.5 Å². The molecule has 5 nitrogen and oxygen atoms in total. The second-order valence-corrected chi connectivity index (χ2v) is 5.75. The number of rotatable bonds is 4. The number of hydrogen-bond acceptors (Lipinski definition) is 4. The Morgan fingerprint density at radius 3 is 2.92 bits per heavy atom. The van der Waals surface area contributed by atoms with Gasteiger partial charge in [0.15, 0.2) is 0 Å². The molecule has 2 heterocycles. The van der Waals surface area contributed by atoms with Crippen molar-refractivity contribution in [2.24, 2.45) is 0 Å². The van der Waals surface area contributed by atoms with Crippen molar-refractivity contribution < 1.29 is 18.3 Å². The smallest absolute Gasteiger partial charge is 0.410 e. The molecule has 3 rings (SSSR count). The molecule has 1 amide bonds. The molecular formula is C17H17F2N3O2. The lowest BCUT2D eigenvalue weighted by Gasteiger charge is -2.25. The van der Waals surface area contributed by atoms with Crippen LogP contribution in [0.1, 0.15) is 24.6 Å². The summed E-state index contributed by atoms with van der Waals surface area (Å²) in [6, 6.07) is 6.06. The molecule has 1 fully saturated rings. The topological polar surface area (TPSA) is 55.3 Å². The Labute approximate surface area is 138 Å². The summed E-state index contributed by atoms with van der Waals surface area (Å²) in [5.41, 5.74) is 1.56. The van der Waals surface area contributed by atoms with E-state index in [0.29, 0.717) is 30.1 Å². The molecule has 0 aliphatic carbocycles. The van der Waals surface area contributed by atoms with Crippen LogP contribution in [0.5, 0.6) is 0 Å². The number of halogens is 2. The molecule has 0 spiro atoms. The van der Waals surface area contributed by atoms with Crippen molar-refractivity contribution in [1.29, 1.82) is 0 Å². The van der Waals surface area contributed by atoms with Gasteiger partial charge in [0.05, 0.1) is 36.9 Å². The van der Waals surface area contributed by atoms with Crippen molar-refractivity contribution >= 4 is 6.09 Å². The summed E-state index contributed by atoms with van der Waals surface area (Å²) >= 11 is 0. The molecule has 0 N–H and O–H groups in total. The molecule has 1 aromatic carbocycles. The molecule has 7 heteroatoms. The zero-order valence-electron chi connectivity index (χ0n) is 13.2. The highest BCUT2D eigenvalue weighted by atomic mass is 19.3. The van der Waals surface area contributed by atoms with Gasteiger partial charge in [0.2, 0.25) is 0 Å². The van der Waals surface area contributed by atoms with Gasteiger partial charge in [-0.1, -0.05) is 18.2 Å². The summed E-state index contributed by atoms with van der Waals surface area (Å²) in [6.45, 7) is 2.17. The molecule has 1 aromatic heterocycles. The van der Waals surface area contributed by atoms with E-state index in [0.717, 1.165) is 13.3 Å². The van der Waals surface area contributed by atoms with E-state index < -0.39 is 5.92 Å². The van der Waals surface area contributed by atoms with Gasteiger partial charge in [-0.25, -0.2) is 18.6 Å². The van der Waals surface area contributed by atoms with E-state index in [2.05, 4.69) is 9.97 Å². The van der Waals surface area contributed by atoms with Crippen LogP contribution in [0.4, 0.5) is 13.6 Å². The van der Waals surface area contributed by atoms with Crippen LogP contribution >= 0.6 is 0 Å². The molecule has 0 bridgehead atoms. The van der Waals surface area contributed by atoms with E-state index in [9.17, 15) is 13.6 Å². The van der Waals surface area contributed by atoms with E-state index in [-0.39, 0.29) is 18.2 Å². The van der Waals surface area contributed by atoms with Gasteiger partial charge < -0.3 is 9.64 Å². The number of carbonyl (C=O) groups is 1. The van der Waals surface area contributed by atoms with Crippen molar-refractivity contribution in [2.75, 3.05) is 13.2 Å². The Balaban J connectivity index is 1.84. The fourth-order valence-electron chi connectivity index (χ4n) is 2.51. The number of nitrogens with zero attached hydrogens (tertiary/aromatic N) is 3. The van der Waals surface area contributed by atoms with Crippen molar-refractivity contribution in [1.82, 2.24) is 14.9 Å². The van der Waals surface area contributed by atoms with Gasteiger partial charge in [0, 0.05) is 24.6 Å². The molecule has 0 unspecified atom stereocenters. The summed E-state index contributed by atoms with van der Waals surface area (Å²) in [6.07, 6.45) is 3.47. The Morgan fingerprint density at radius 2 is 2.17 bits per heavy atom. The molecule has 24 heavy (non-hydrogen) atoms. The van der Waals surface area contributed by atoms with Gasteiger partial charge in [0.25, 0.3) is 5.92 Å². The number of benzene rings is 1. The second-order valence-electron chi connectivity index (χ2n) is 5.75. The SMILES string of the molecule is CC(F)(F)c1cccc(-c2cncc(CN3CCCOC3=O)n2)c1. The zero-order chi connectivity index (χ0) is 17.2. The summed E-state index contributed by atoms with van der Waals surface area (Å²) in [5, 5.41) is 0. The van der Waals surface area contributed by atoms with Crippen molar-refractivity contribution in [2.45, 2.75) is 25.8 Å². The number of carbonyl (C=O) groups excluding carboxylic acids is 1. The number of cyclic esters (lactones) is 1. The minimum absolute atomic E-state index is 0.0770. The Hall–Kier alpha value is -2.57. The van der Waals surface area contributed by atoms with Crippen LogP contribution < -0.4 is 0 Å². The van der Waals surface area contributed by atoms with E-state index in [4.69, 9.17) is 4.74 Å². The Morgan fingerprint density at radius 1 is 1.33 bits per heavy atom. The second kappa shape index (κ2) is 6.51. The van der Waals surface area contributed by atoms with Crippen molar-refractivity contribution in [3.63, 3.8) is 0 Å². The monoisotopic (exact) mass is 333 g/mol. The number of aromatic nitrogens is 2. The van der Waals surface area contributed by atoms with Crippen LogP contribution in [-0.2, 0) is 17.2 Å². The van der Waals surface area contributed by atoms with Crippen LogP contribution in [0, 0.1) is 0 Å². The average Bonchev–Trinajstić information content (AvgIpc) is 2.57. The molecule has 0 radical (unpaired) electrons. The molecular weight excluding hydrogens is 316 g/mol. The molecule has 126 valence electrons. The molecule has 0 saturated carbocycles. The van der Waals surface area contributed by atoms with Gasteiger partial charge in [0.1, 0.15) is 0 Å². The van der Waals surface area contributed by atoms with Gasteiger partial charge in [-0.3, -0.25) is 4.98 Å². The number of hydrogen-bond donors (Lipinski definition) is 0. The largest absolute Gasteiger partial charge is 0.449 e. The summed E-state index contributed by atoms with van der Waals surface area (Å²) in [4.78, 5) is 21.8. The first-order valence-electron chi connectivity index (χ1n) is 7.65. The van der Waals surface area contributed by atoms with Crippen LogP contribution in [-0.4, -0.2) is 34.1 Å². The Kier molecular flexibility index (Phi) is 4.42. The van der Waals surface area contributed by atoms with Crippen molar-refractivity contribution in [3.8, 4) is 11.3 Å². The first-order valence-corrected chi connectivity index (χ1v) is 7.65. The van der Waals surface area contributed by atoms with E-state index in [1.54, 1.807) is 23.2 Å². The third kappa shape index (κ3) is 3.67. The van der Waals surface area contributed by atoms with Crippen LogP contribution in [0.3, 0.4) is 0 Å². The quantitative estimate of drug-likeness (QED) is 0.858. The van der Waals surface area contributed by atoms with Crippen LogP contribution in [0.2, 0.25) is 0 Å². The van der Waals surface area contributed by atoms with Gasteiger partial charge in [-0.2, -0.15) is 0 Å². The maximum atomic E-state index is 13.5. The lowest BCUT2D eigenvalue weighted by molar-refractivity contribution is 0.0175. The van der Waals surface area contributed by atoms with E-state index in [1.807, 2.05) is 0 Å². The molecule has 1 aliphatic rings. The first kappa shape index (κ1) is 16.3. The Bertz CT molecular complexity index is 747. The highest BCUT2D eigenvalue weighted by Gasteiger charge is 2.24. The fraction of sp³-hybridized carbons (Fsp3) is 0.353. The minimum atomic E-state index is -2.92. The highest BCUT2D eigenvalue weighted by molar-refractivity contribution is 5.68. The number of alkyl halides is 2. The summed E-state index contributed by atoms with van der Waals surface area (Å²) < 4.78 is 32.0. The van der Waals surface area contributed by atoms with Crippen LogP contribution in [0.15, 0.2) is 36.7 Å². The maximum Gasteiger partial charge on any atom is 0.410 e. The van der Waals surface area contributed by atoms with Gasteiger partial charge >= 0.3 is 6.09 Å².